The average molecular weight is 260 g/mol. The summed E-state index contributed by atoms with van der Waals surface area (Å²) in [4.78, 5) is 3.78. The topological polar surface area (TPSA) is 48.1 Å². The summed E-state index contributed by atoms with van der Waals surface area (Å²) in [6, 6.07) is 2.42. The molecular weight excluding hydrogens is 245 g/mol. The Morgan fingerprint density at radius 1 is 1.28 bits per heavy atom. The Morgan fingerprint density at radius 3 is 2.50 bits per heavy atom. The largest absolute Gasteiger partial charge is 0.433 e. The van der Waals surface area contributed by atoms with Crippen LogP contribution in [-0.4, -0.2) is 18.2 Å². The van der Waals surface area contributed by atoms with Gasteiger partial charge in [0.2, 0.25) is 0 Å². The van der Waals surface area contributed by atoms with E-state index in [1.165, 1.54) is 6.07 Å². The van der Waals surface area contributed by atoms with E-state index in [-0.39, 0.29) is 12.5 Å². The molecule has 18 heavy (non-hydrogen) atoms. The molecule has 0 unspecified atom stereocenters. The number of aromatic nitrogens is 1. The molecule has 2 rings (SSSR count). The van der Waals surface area contributed by atoms with Crippen molar-refractivity contribution in [3.63, 3.8) is 0 Å². The molecule has 6 heteroatoms. The van der Waals surface area contributed by atoms with Crippen LogP contribution in [0.2, 0.25) is 0 Å². The predicted octanol–water partition coefficient (Wildman–Crippen LogP) is 2.45. The van der Waals surface area contributed by atoms with Crippen molar-refractivity contribution in [1.82, 2.24) is 4.98 Å². The van der Waals surface area contributed by atoms with E-state index in [9.17, 15) is 13.2 Å². The Morgan fingerprint density at radius 2 is 1.94 bits per heavy atom. The van der Waals surface area contributed by atoms with E-state index < -0.39 is 11.9 Å². The maximum atomic E-state index is 12.7. The quantitative estimate of drug-likeness (QED) is 0.888. The number of pyridine rings is 1. The minimum Gasteiger partial charge on any atom is -0.381 e. The fourth-order valence-electron chi connectivity index (χ4n) is 2.16. The standard InChI is InChI=1S/C12H15F3N2O/c13-12(14,15)10-2-1-9(7-16)11(17-10)8-3-5-18-6-4-8/h1-2,8H,3-7,16H2. The first-order chi connectivity index (χ1) is 8.52. The number of alkyl halides is 3. The van der Waals surface area contributed by atoms with Crippen LogP contribution in [0.4, 0.5) is 13.2 Å². The third-order valence-corrected chi connectivity index (χ3v) is 3.13. The molecular formula is C12H15F3N2O. The second kappa shape index (κ2) is 5.24. The van der Waals surface area contributed by atoms with Gasteiger partial charge in [0.15, 0.2) is 0 Å². The van der Waals surface area contributed by atoms with Crippen LogP contribution >= 0.6 is 0 Å². The smallest absolute Gasteiger partial charge is 0.381 e. The zero-order valence-corrected chi connectivity index (χ0v) is 9.83. The van der Waals surface area contributed by atoms with Gasteiger partial charge in [-0.2, -0.15) is 13.2 Å². The van der Waals surface area contributed by atoms with Gasteiger partial charge in [-0.05, 0) is 24.5 Å². The lowest BCUT2D eigenvalue weighted by Gasteiger charge is -2.24. The lowest BCUT2D eigenvalue weighted by molar-refractivity contribution is -0.141. The van der Waals surface area contributed by atoms with Gasteiger partial charge in [0, 0.05) is 31.4 Å². The van der Waals surface area contributed by atoms with Crippen LogP contribution in [-0.2, 0) is 17.5 Å². The van der Waals surface area contributed by atoms with Gasteiger partial charge in [0.1, 0.15) is 5.69 Å². The van der Waals surface area contributed by atoms with Gasteiger partial charge in [-0.25, -0.2) is 4.98 Å². The molecule has 1 aromatic heterocycles. The van der Waals surface area contributed by atoms with E-state index in [4.69, 9.17) is 10.5 Å². The molecule has 0 radical (unpaired) electrons. The summed E-state index contributed by atoms with van der Waals surface area (Å²) in [5.41, 5.74) is 5.89. The number of nitrogens with two attached hydrogens (primary N) is 1. The number of rotatable bonds is 2. The summed E-state index contributed by atoms with van der Waals surface area (Å²) < 4.78 is 43.2. The molecule has 1 saturated heterocycles. The highest BCUT2D eigenvalue weighted by Gasteiger charge is 2.33. The van der Waals surface area contributed by atoms with Crippen molar-refractivity contribution in [3.8, 4) is 0 Å². The average Bonchev–Trinajstić information content (AvgIpc) is 2.38. The van der Waals surface area contributed by atoms with Crippen LogP contribution in [0.5, 0.6) is 0 Å². The Bertz CT molecular complexity index is 414. The molecule has 0 aromatic carbocycles. The molecule has 1 aliphatic rings. The van der Waals surface area contributed by atoms with Gasteiger partial charge >= 0.3 is 6.18 Å². The second-order valence-corrected chi connectivity index (χ2v) is 4.33. The zero-order chi connectivity index (χ0) is 13.2. The summed E-state index contributed by atoms with van der Waals surface area (Å²) in [5.74, 6) is 0.0135. The van der Waals surface area contributed by atoms with Crippen molar-refractivity contribution < 1.29 is 17.9 Å². The monoisotopic (exact) mass is 260 g/mol. The first kappa shape index (κ1) is 13.3. The van der Waals surface area contributed by atoms with Gasteiger partial charge in [-0.15, -0.1) is 0 Å². The summed E-state index contributed by atoms with van der Waals surface area (Å²) >= 11 is 0. The van der Waals surface area contributed by atoms with E-state index in [1.807, 2.05) is 0 Å². The summed E-state index contributed by atoms with van der Waals surface area (Å²) in [7, 11) is 0. The van der Waals surface area contributed by atoms with Crippen molar-refractivity contribution in [1.29, 1.82) is 0 Å². The normalized spacial score (nSPS) is 18.0. The van der Waals surface area contributed by atoms with E-state index in [0.717, 1.165) is 6.07 Å². The lowest BCUT2D eigenvalue weighted by atomic mass is 9.92. The van der Waals surface area contributed by atoms with Gasteiger partial charge in [0.05, 0.1) is 0 Å². The third kappa shape index (κ3) is 2.81. The minimum atomic E-state index is -4.41. The SMILES string of the molecule is NCc1ccc(C(F)(F)F)nc1C1CCOCC1. The summed E-state index contributed by atoms with van der Waals surface area (Å²) in [5, 5.41) is 0. The van der Waals surface area contributed by atoms with Crippen LogP contribution in [0.15, 0.2) is 12.1 Å². The number of hydrogen-bond acceptors (Lipinski definition) is 3. The number of nitrogens with zero attached hydrogens (tertiary/aromatic N) is 1. The Balaban J connectivity index is 2.35. The van der Waals surface area contributed by atoms with E-state index >= 15 is 0 Å². The molecule has 1 aliphatic heterocycles. The van der Waals surface area contributed by atoms with Crippen molar-refractivity contribution in [2.75, 3.05) is 13.2 Å². The van der Waals surface area contributed by atoms with Crippen molar-refractivity contribution in [2.45, 2.75) is 31.5 Å². The second-order valence-electron chi connectivity index (χ2n) is 4.33. The Labute approximate surface area is 103 Å². The summed E-state index contributed by atoms with van der Waals surface area (Å²) in [6.45, 7) is 1.33. The van der Waals surface area contributed by atoms with E-state index in [0.29, 0.717) is 37.3 Å². The molecule has 0 aliphatic carbocycles. The third-order valence-electron chi connectivity index (χ3n) is 3.13. The zero-order valence-electron chi connectivity index (χ0n) is 9.83. The Hall–Kier alpha value is -1.14. The van der Waals surface area contributed by atoms with Gasteiger partial charge in [-0.1, -0.05) is 6.07 Å². The number of hydrogen-bond donors (Lipinski definition) is 1. The van der Waals surface area contributed by atoms with Crippen LogP contribution in [0, 0.1) is 0 Å². The molecule has 0 spiro atoms. The molecule has 100 valence electrons. The highest BCUT2D eigenvalue weighted by Crippen LogP contribution is 2.32. The number of ether oxygens (including phenoxy) is 1. The van der Waals surface area contributed by atoms with Crippen LogP contribution in [0.3, 0.4) is 0 Å². The maximum absolute atomic E-state index is 12.7. The van der Waals surface area contributed by atoms with Crippen molar-refractivity contribution in [3.05, 3.63) is 29.1 Å². The summed E-state index contributed by atoms with van der Waals surface area (Å²) in [6.07, 6.45) is -3.02. The molecule has 0 amide bonds. The van der Waals surface area contributed by atoms with Crippen LogP contribution in [0.1, 0.15) is 35.7 Å². The highest BCUT2D eigenvalue weighted by molar-refractivity contribution is 5.27. The molecule has 3 nitrogen and oxygen atoms in total. The molecule has 0 atom stereocenters. The van der Waals surface area contributed by atoms with Crippen LogP contribution < -0.4 is 5.73 Å². The molecule has 0 bridgehead atoms. The van der Waals surface area contributed by atoms with E-state index in [2.05, 4.69) is 4.98 Å². The Kier molecular flexibility index (Phi) is 3.87. The molecule has 2 N–H and O–H groups in total. The lowest BCUT2D eigenvalue weighted by Crippen LogP contribution is -2.20. The minimum absolute atomic E-state index is 0.0135. The molecule has 1 aromatic rings. The predicted molar refractivity (Wildman–Crippen MR) is 59.9 cm³/mol. The fraction of sp³-hybridized carbons (Fsp3) is 0.583. The van der Waals surface area contributed by atoms with Gasteiger partial charge < -0.3 is 10.5 Å². The first-order valence-electron chi connectivity index (χ1n) is 5.87. The van der Waals surface area contributed by atoms with Crippen molar-refractivity contribution in [2.24, 2.45) is 5.73 Å². The van der Waals surface area contributed by atoms with Gasteiger partial charge in [-0.3, -0.25) is 0 Å². The number of halogens is 3. The molecule has 0 saturated carbocycles. The van der Waals surface area contributed by atoms with Crippen molar-refractivity contribution >= 4 is 0 Å². The fourth-order valence-corrected chi connectivity index (χ4v) is 2.16. The van der Waals surface area contributed by atoms with Crippen LogP contribution in [0.25, 0.3) is 0 Å². The molecule has 1 fully saturated rings. The maximum Gasteiger partial charge on any atom is 0.433 e. The highest BCUT2D eigenvalue weighted by atomic mass is 19.4. The van der Waals surface area contributed by atoms with Gasteiger partial charge in [0.25, 0.3) is 0 Å². The van der Waals surface area contributed by atoms with E-state index in [1.54, 1.807) is 0 Å². The first-order valence-corrected chi connectivity index (χ1v) is 5.87. The molecule has 2 heterocycles.